The maximum Gasteiger partial charge on any atom is 0.0397 e. The molecule has 4 aromatic rings. The first kappa shape index (κ1) is 15.2. The number of nitrogens with two attached hydrogens (primary N) is 1. The highest BCUT2D eigenvalue weighted by atomic mass is 14.6. The minimum atomic E-state index is -0.0119. The number of anilines is 1. The smallest absolute Gasteiger partial charge is 0.0397 e. The molecular formula is C25H21N. The zero-order valence-corrected chi connectivity index (χ0v) is 15.1. The molecule has 0 spiro atoms. The lowest BCUT2D eigenvalue weighted by Crippen LogP contribution is -2.15. The lowest BCUT2D eigenvalue weighted by molar-refractivity contribution is 0.661. The quantitative estimate of drug-likeness (QED) is 0.400. The summed E-state index contributed by atoms with van der Waals surface area (Å²) in [5.74, 6) is 0. The summed E-state index contributed by atoms with van der Waals surface area (Å²) in [4.78, 5) is 0. The lowest BCUT2D eigenvalue weighted by atomic mass is 9.82. The zero-order valence-electron chi connectivity index (χ0n) is 15.1. The van der Waals surface area contributed by atoms with Gasteiger partial charge in [-0.15, -0.1) is 0 Å². The Bertz CT molecular complexity index is 1170. The summed E-state index contributed by atoms with van der Waals surface area (Å²) in [7, 11) is 0. The monoisotopic (exact) mass is 335 g/mol. The first-order valence-electron chi connectivity index (χ1n) is 9.09. The van der Waals surface area contributed by atoms with E-state index in [9.17, 15) is 0 Å². The van der Waals surface area contributed by atoms with Gasteiger partial charge >= 0.3 is 0 Å². The first-order valence-corrected chi connectivity index (χ1v) is 9.09. The summed E-state index contributed by atoms with van der Waals surface area (Å²) in [6, 6.07) is 28.2. The second kappa shape index (κ2) is 5.22. The SMILES string of the molecule is CC1(C)c2ccccc2-c2cc(-c3ccc4ccccc4c3)c(N)cc21. The van der Waals surface area contributed by atoms with Gasteiger partial charge in [-0.3, -0.25) is 0 Å². The number of hydrogen-bond acceptors (Lipinski definition) is 1. The summed E-state index contributed by atoms with van der Waals surface area (Å²) < 4.78 is 0. The van der Waals surface area contributed by atoms with E-state index in [0.717, 1.165) is 11.3 Å². The van der Waals surface area contributed by atoms with Crippen molar-refractivity contribution in [2.24, 2.45) is 0 Å². The molecule has 0 fully saturated rings. The predicted molar refractivity (Wildman–Crippen MR) is 111 cm³/mol. The molecule has 1 heteroatoms. The zero-order chi connectivity index (χ0) is 17.9. The van der Waals surface area contributed by atoms with Crippen LogP contribution in [0.3, 0.4) is 0 Å². The van der Waals surface area contributed by atoms with Gasteiger partial charge in [0.05, 0.1) is 0 Å². The van der Waals surface area contributed by atoms with Crippen LogP contribution in [-0.4, -0.2) is 0 Å². The third-order valence-electron chi connectivity index (χ3n) is 5.81. The number of rotatable bonds is 1. The number of fused-ring (bicyclic) bond motifs is 4. The van der Waals surface area contributed by atoms with E-state index in [1.807, 2.05) is 0 Å². The molecule has 26 heavy (non-hydrogen) atoms. The molecule has 0 heterocycles. The minimum absolute atomic E-state index is 0.0119. The van der Waals surface area contributed by atoms with Crippen molar-refractivity contribution in [3.05, 3.63) is 90.0 Å². The maximum atomic E-state index is 6.53. The van der Waals surface area contributed by atoms with Crippen molar-refractivity contribution in [1.29, 1.82) is 0 Å². The van der Waals surface area contributed by atoms with Crippen LogP contribution in [0.1, 0.15) is 25.0 Å². The molecule has 0 aromatic heterocycles. The highest BCUT2D eigenvalue weighted by molar-refractivity contribution is 5.93. The lowest BCUT2D eigenvalue weighted by Gasteiger charge is -2.22. The average Bonchev–Trinajstić information content (AvgIpc) is 2.88. The molecule has 1 nitrogen and oxygen atoms in total. The van der Waals surface area contributed by atoms with Gasteiger partial charge in [-0.2, -0.15) is 0 Å². The van der Waals surface area contributed by atoms with E-state index in [2.05, 4.69) is 92.7 Å². The Morgan fingerprint density at radius 3 is 2.19 bits per heavy atom. The number of benzene rings is 4. The third-order valence-corrected chi connectivity index (χ3v) is 5.81. The fourth-order valence-electron chi connectivity index (χ4n) is 4.37. The summed E-state index contributed by atoms with van der Waals surface area (Å²) in [6.07, 6.45) is 0. The fraction of sp³-hybridized carbons (Fsp3) is 0.120. The van der Waals surface area contributed by atoms with Gasteiger partial charge < -0.3 is 5.73 Å². The molecule has 0 atom stereocenters. The molecule has 0 saturated heterocycles. The third kappa shape index (κ3) is 2.04. The maximum absolute atomic E-state index is 6.53. The van der Waals surface area contributed by atoms with Gasteiger partial charge in [-0.05, 0) is 56.8 Å². The van der Waals surface area contributed by atoms with Crippen molar-refractivity contribution in [3.63, 3.8) is 0 Å². The Hall–Kier alpha value is -3.06. The molecule has 1 aliphatic rings. The average molecular weight is 335 g/mol. The molecule has 0 unspecified atom stereocenters. The van der Waals surface area contributed by atoms with Crippen LogP contribution in [0.5, 0.6) is 0 Å². The van der Waals surface area contributed by atoms with Crippen molar-refractivity contribution in [1.82, 2.24) is 0 Å². The van der Waals surface area contributed by atoms with Crippen LogP contribution in [0.15, 0.2) is 78.9 Å². The van der Waals surface area contributed by atoms with Crippen LogP contribution < -0.4 is 5.73 Å². The van der Waals surface area contributed by atoms with Crippen LogP contribution in [0.4, 0.5) is 5.69 Å². The molecule has 2 N–H and O–H groups in total. The second-order valence-corrected chi connectivity index (χ2v) is 7.72. The molecule has 1 aliphatic carbocycles. The first-order chi connectivity index (χ1) is 12.6. The van der Waals surface area contributed by atoms with Gasteiger partial charge in [-0.25, -0.2) is 0 Å². The van der Waals surface area contributed by atoms with Gasteiger partial charge in [0.1, 0.15) is 0 Å². The van der Waals surface area contributed by atoms with Crippen molar-refractivity contribution < 1.29 is 0 Å². The van der Waals surface area contributed by atoms with Gasteiger partial charge in [-0.1, -0.05) is 74.5 Å². The molecule has 0 saturated carbocycles. The van der Waals surface area contributed by atoms with E-state index in [0.29, 0.717) is 0 Å². The van der Waals surface area contributed by atoms with E-state index < -0.39 is 0 Å². The van der Waals surface area contributed by atoms with Crippen LogP contribution in [0, 0.1) is 0 Å². The van der Waals surface area contributed by atoms with Crippen molar-refractivity contribution >= 4 is 16.5 Å². The largest absolute Gasteiger partial charge is 0.398 e. The topological polar surface area (TPSA) is 26.0 Å². The Labute approximate surface area is 154 Å². The Kier molecular flexibility index (Phi) is 3.05. The van der Waals surface area contributed by atoms with Crippen molar-refractivity contribution in [2.45, 2.75) is 19.3 Å². The van der Waals surface area contributed by atoms with E-state index in [1.54, 1.807) is 0 Å². The van der Waals surface area contributed by atoms with Gasteiger partial charge in [0, 0.05) is 16.7 Å². The molecule has 5 rings (SSSR count). The van der Waals surface area contributed by atoms with E-state index in [-0.39, 0.29) is 5.41 Å². The van der Waals surface area contributed by atoms with Gasteiger partial charge in [0.25, 0.3) is 0 Å². The summed E-state index contributed by atoms with van der Waals surface area (Å²) in [5.41, 5.74) is 15.0. The Morgan fingerprint density at radius 1 is 0.615 bits per heavy atom. The van der Waals surface area contributed by atoms with Gasteiger partial charge in [0.2, 0.25) is 0 Å². The van der Waals surface area contributed by atoms with Crippen LogP contribution in [0.25, 0.3) is 33.0 Å². The minimum Gasteiger partial charge on any atom is -0.398 e. The second-order valence-electron chi connectivity index (χ2n) is 7.72. The molecule has 0 bridgehead atoms. The normalized spacial score (nSPS) is 14.2. The van der Waals surface area contributed by atoms with Crippen molar-refractivity contribution in [3.8, 4) is 22.3 Å². The van der Waals surface area contributed by atoms with Crippen molar-refractivity contribution in [2.75, 3.05) is 5.73 Å². The van der Waals surface area contributed by atoms with Gasteiger partial charge in [0.15, 0.2) is 0 Å². The fourth-order valence-corrected chi connectivity index (χ4v) is 4.37. The standard InChI is InChI=1S/C25H21N/c1-25(2)22-10-6-5-9-19(22)21-14-20(24(26)15-23(21)25)18-12-11-16-7-3-4-8-17(16)13-18/h3-15H,26H2,1-2H3. The molecule has 0 aliphatic heterocycles. The highest BCUT2D eigenvalue weighted by Crippen LogP contribution is 2.50. The van der Waals surface area contributed by atoms with E-state index in [4.69, 9.17) is 5.73 Å². The van der Waals surface area contributed by atoms with Crippen LogP contribution >= 0.6 is 0 Å². The molecule has 4 aromatic carbocycles. The summed E-state index contributed by atoms with van der Waals surface area (Å²) in [5, 5.41) is 2.49. The summed E-state index contributed by atoms with van der Waals surface area (Å²) >= 11 is 0. The Balaban J connectivity index is 1.76. The van der Waals surface area contributed by atoms with E-state index in [1.165, 1.54) is 38.6 Å². The number of hydrogen-bond donors (Lipinski definition) is 1. The van der Waals surface area contributed by atoms with Crippen LogP contribution in [0.2, 0.25) is 0 Å². The molecule has 126 valence electrons. The highest BCUT2D eigenvalue weighted by Gasteiger charge is 2.35. The number of nitrogen functional groups attached to an aromatic ring is 1. The van der Waals surface area contributed by atoms with E-state index >= 15 is 0 Å². The Morgan fingerprint density at radius 2 is 1.35 bits per heavy atom. The summed E-state index contributed by atoms with van der Waals surface area (Å²) in [6.45, 7) is 4.57. The molecular weight excluding hydrogens is 314 g/mol. The molecule has 0 amide bonds. The van der Waals surface area contributed by atoms with Crippen LogP contribution in [-0.2, 0) is 5.41 Å². The molecule has 0 radical (unpaired) electrons. The predicted octanol–water partition coefficient (Wildman–Crippen LogP) is 6.40.